The number of benzene rings is 3. The third-order valence-electron chi connectivity index (χ3n) is 6.17. The van der Waals surface area contributed by atoms with E-state index in [1.165, 1.54) is 24.3 Å². The maximum atomic E-state index is 12.2. The predicted molar refractivity (Wildman–Crippen MR) is 123 cm³/mol. The SMILES string of the molecule is COC(=O)CC(c1cc(O)c(O)cc1O)c1c(O)cc2c(c1O)CC(O)C(c1ccc(O)c(O)c1)O2. The van der Waals surface area contributed by atoms with E-state index in [1.807, 2.05) is 0 Å². The van der Waals surface area contributed by atoms with Gasteiger partial charge in [0.05, 0.1) is 19.6 Å². The van der Waals surface area contributed by atoms with Gasteiger partial charge in [-0.1, -0.05) is 6.07 Å². The molecule has 0 bridgehead atoms. The average molecular weight is 500 g/mol. The van der Waals surface area contributed by atoms with Crippen LogP contribution in [0, 0.1) is 0 Å². The second-order valence-electron chi connectivity index (χ2n) is 8.43. The van der Waals surface area contributed by atoms with E-state index in [1.54, 1.807) is 0 Å². The molecule has 0 amide bonds. The summed E-state index contributed by atoms with van der Waals surface area (Å²) in [6.45, 7) is 0. The first-order valence-corrected chi connectivity index (χ1v) is 10.8. The molecule has 0 saturated heterocycles. The molecule has 36 heavy (non-hydrogen) atoms. The minimum atomic E-state index is -1.22. The number of aliphatic hydroxyl groups is 1. The number of hydrogen-bond acceptors (Lipinski definition) is 11. The van der Waals surface area contributed by atoms with Crippen molar-refractivity contribution in [2.75, 3.05) is 7.11 Å². The van der Waals surface area contributed by atoms with Gasteiger partial charge in [-0.05, 0) is 23.8 Å². The quantitative estimate of drug-likeness (QED) is 0.145. The van der Waals surface area contributed by atoms with Crippen molar-refractivity contribution < 1.29 is 55.1 Å². The van der Waals surface area contributed by atoms with Gasteiger partial charge in [0.1, 0.15) is 29.1 Å². The third kappa shape index (κ3) is 4.31. The molecule has 0 fully saturated rings. The van der Waals surface area contributed by atoms with Gasteiger partial charge in [0.15, 0.2) is 23.0 Å². The summed E-state index contributed by atoms with van der Waals surface area (Å²) in [6, 6.07) is 6.90. The topological polar surface area (TPSA) is 197 Å². The van der Waals surface area contributed by atoms with E-state index in [9.17, 15) is 45.6 Å². The summed E-state index contributed by atoms with van der Waals surface area (Å²) in [7, 11) is 1.13. The third-order valence-corrected chi connectivity index (χ3v) is 6.17. The van der Waals surface area contributed by atoms with Crippen molar-refractivity contribution in [2.24, 2.45) is 0 Å². The van der Waals surface area contributed by atoms with Crippen LogP contribution in [0.25, 0.3) is 0 Å². The number of methoxy groups -OCH3 is 1. The van der Waals surface area contributed by atoms with Crippen molar-refractivity contribution in [3.8, 4) is 46.0 Å². The van der Waals surface area contributed by atoms with Crippen LogP contribution < -0.4 is 4.74 Å². The summed E-state index contributed by atoms with van der Waals surface area (Å²) in [5.41, 5.74) is 0.151. The van der Waals surface area contributed by atoms with Gasteiger partial charge in [0.2, 0.25) is 0 Å². The number of rotatable bonds is 5. The molecule has 3 atom stereocenters. The van der Waals surface area contributed by atoms with E-state index in [0.717, 1.165) is 19.2 Å². The summed E-state index contributed by atoms with van der Waals surface area (Å²) in [6.07, 6.45) is -2.83. The average Bonchev–Trinajstić information content (AvgIpc) is 2.82. The molecule has 0 aromatic heterocycles. The second-order valence-corrected chi connectivity index (χ2v) is 8.43. The van der Waals surface area contributed by atoms with E-state index >= 15 is 0 Å². The number of ether oxygens (including phenoxy) is 2. The Bertz CT molecular complexity index is 1330. The van der Waals surface area contributed by atoms with Crippen LogP contribution in [0.5, 0.6) is 46.0 Å². The second kappa shape index (κ2) is 9.27. The van der Waals surface area contributed by atoms with Crippen molar-refractivity contribution >= 4 is 5.97 Å². The molecule has 11 heteroatoms. The van der Waals surface area contributed by atoms with Crippen molar-refractivity contribution in [3.63, 3.8) is 0 Å². The Hall–Kier alpha value is -4.51. The molecule has 0 saturated carbocycles. The van der Waals surface area contributed by atoms with Gasteiger partial charge in [0, 0.05) is 41.2 Å². The Morgan fingerprint density at radius 3 is 2.25 bits per heavy atom. The Kier molecular flexibility index (Phi) is 6.34. The summed E-state index contributed by atoms with van der Waals surface area (Å²) < 4.78 is 10.5. The van der Waals surface area contributed by atoms with E-state index in [4.69, 9.17) is 9.47 Å². The zero-order valence-corrected chi connectivity index (χ0v) is 18.9. The lowest BCUT2D eigenvalue weighted by molar-refractivity contribution is -0.140. The first-order valence-electron chi connectivity index (χ1n) is 10.8. The lowest BCUT2D eigenvalue weighted by atomic mass is 9.83. The standard InChI is InChI=1S/C25H24O11/c1-35-22(33)7-12(11-5-17(29)18(30)8-15(11)27)23-19(31)9-21-13(24(23)34)6-20(32)25(36-21)10-2-3-14(26)16(28)4-10/h2-5,8-9,12,20,25-32,34H,6-7H2,1H3. The van der Waals surface area contributed by atoms with Crippen molar-refractivity contribution in [3.05, 3.63) is 58.7 Å². The summed E-state index contributed by atoms with van der Waals surface area (Å²) in [5.74, 6) is -5.51. The summed E-state index contributed by atoms with van der Waals surface area (Å²) >= 11 is 0. The van der Waals surface area contributed by atoms with Crippen molar-refractivity contribution in [1.29, 1.82) is 0 Å². The number of hydrogen-bond donors (Lipinski definition) is 8. The number of fused-ring (bicyclic) bond motifs is 1. The number of carbonyl (C=O) groups excluding carboxylic acids is 1. The number of phenols is 7. The highest BCUT2D eigenvalue weighted by Gasteiger charge is 2.36. The molecule has 3 aromatic rings. The van der Waals surface area contributed by atoms with Crippen LogP contribution in [-0.4, -0.2) is 60.0 Å². The number of esters is 1. The molecule has 0 radical (unpaired) electrons. The normalized spacial score (nSPS) is 17.6. The minimum absolute atomic E-state index is 0.0196. The summed E-state index contributed by atoms with van der Waals surface area (Å²) in [4.78, 5) is 12.2. The van der Waals surface area contributed by atoms with Crippen LogP contribution in [0.15, 0.2) is 36.4 Å². The molecule has 1 aliphatic rings. The van der Waals surface area contributed by atoms with Gasteiger partial charge in [0.25, 0.3) is 0 Å². The largest absolute Gasteiger partial charge is 0.508 e. The van der Waals surface area contributed by atoms with Crippen LogP contribution in [0.4, 0.5) is 0 Å². The fourth-order valence-corrected chi connectivity index (χ4v) is 4.35. The molecule has 11 nitrogen and oxygen atoms in total. The fraction of sp³-hybridized carbons (Fsp3) is 0.240. The van der Waals surface area contributed by atoms with Gasteiger partial charge < -0.3 is 50.3 Å². The molecule has 1 aliphatic heterocycles. The predicted octanol–water partition coefficient (Wildman–Crippen LogP) is 2.36. The first kappa shape index (κ1) is 24.6. The van der Waals surface area contributed by atoms with E-state index in [-0.39, 0.29) is 34.6 Å². The molecule has 1 heterocycles. The van der Waals surface area contributed by atoms with Gasteiger partial charge in [-0.15, -0.1) is 0 Å². The minimum Gasteiger partial charge on any atom is -0.508 e. The molecule has 0 spiro atoms. The lowest BCUT2D eigenvalue weighted by Gasteiger charge is -2.33. The summed E-state index contributed by atoms with van der Waals surface area (Å²) in [5, 5.41) is 82.1. The highest BCUT2D eigenvalue weighted by atomic mass is 16.5. The molecule has 3 aromatic carbocycles. The smallest absolute Gasteiger partial charge is 0.306 e. The van der Waals surface area contributed by atoms with Crippen molar-refractivity contribution in [2.45, 2.75) is 31.0 Å². The molecule has 0 aliphatic carbocycles. The number of phenolic OH excluding ortho intramolecular Hbond substituents is 7. The Morgan fingerprint density at radius 1 is 0.917 bits per heavy atom. The molecular weight excluding hydrogens is 476 g/mol. The number of carbonyl (C=O) groups is 1. The fourth-order valence-electron chi connectivity index (χ4n) is 4.35. The molecule has 4 rings (SSSR count). The van der Waals surface area contributed by atoms with E-state index in [0.29, 0.717) is 5.56 Å². The van der Waals surface area contributed by atoms with Crippen molar-refractivity contribution in [1.82, 2.24) is 0 Å². The zero-order valence-electron chi connectivity index (χ0n) is 18.9. The van der Waals surface area contributed by atoms with Gasteiger partial charge >= 0.3 is 5.97 Å². The molecule has 8 N–H and O–H groups in total. The highest BCUT2D eigenvalue weighted by Crippen LogP contribution is 2.51. The Balaban J connectivity index is 1.81. The number of aromatic hydroxyl groups is 7. The van der Waals surface area contributed by atoms with Crippen LogP contribution >= 0.6 is 0 Å². The van der Waals surface area contributed by atoms with Crippen LogP contribution in [0.3, 0.4) is 0 Å². The first-order chi connectivity index (χ1) is 17.0. The van der Waals surface area contributed by atoms with Crippen LogP contribution in [-0.2, 0) is 16.0 Å². The van der Waals surface area contributed by atoms with E-state index < -0.39 is 65.0 Å². The molecular formula is C25H24O11. The Labute approximate surface area is 204 Å². The van der Waals surface area contributed by atoms with Crippen LogP contribution in [0.1, 0.15) is 40.7 Å². The van der Waals surface area contributed by atoms with Gasteiger partial charge in [-0.2, -0.15) is 0 Å². The van der Waals surface area contributed by atoms with E-state index in [2.05, 4.69) is 0 Å². The maximum Gasteiger partial charge on any atom is 0.306 e. The number of aliphatic hydroxyl groups excluding tert-OH is 1. The monoisotopic (exact) mass is 500 g/mol. The maximum absolute atomic E-state index is 12.2. The Morgan fingerprint density at radius 2 is 1.58 bits per heavy atom. The molecule has 3 unspecified atom stereocenters. The lowest BCUT2D eigenvalue weighted by Crippen LogP contribution is -2.30. The van der Waals surface area contributed by atoms with Gasteiger partial charge in [-0.25, -0.2) is 0 Å². The van der Waals surface area contributed by atoms with Crippen LogP contribution in [0.2, 0.25) is 0 Å². The molecule has 190 valence electrons. The van der Waals surface area contributed by atoms with Gasteiger partial charge in [-0.3, -0.25) is 4.79 Å². The highest BCUT2D eigenvalue weighted by molar-refractivity contribution is 5.74. The zero-order chi connectivity index (χ0) is 26.3.